The van der Waals surface area contributed by atoms with Gasteiger partial charge in [-0.1, -0.05) is 0 Å². The van der Waals surface area contributed by atoms with E-state index in [1.165, 1.54) is 24.2 Å². The van der Waals surface area contributed by atoms with Crippen LogP contribution in [0.3, 0.4) is 0 Å². The topological polar surface area (TPSA) is 58.2 Å². The molecule has 4 nitrogen and oxygen atoms in total. The first-order chi connectivity index (χ1) is 10.1. The van der Waals surface area contributed by atoms with Crippen LogP contribution in [0.5, 0.6) is 0 Å². The quantitative estimate of drug-likeness (QED) is 0.757. The van der Waals surface area contributed by atoms with Gasteiger partial charge in [-0.05, 0) is 55.2 Å². The van der Waals surface area contributed by atoms with Crippen molar-refractivity contribution in [2.45, 2.75) is 35.9 Å². The van der Waals surface area contributed by atoms with Crippen molar-refractivity contribution in [2.24, 2.45) is 5.92 Å². The number of rotatable bonds is 8. The maximum absolute atomic E-state index is 12.3. The van der Waals surface area contributed by atoms with Gasteiger partial charge in [-0.3, -0.25) is 0 Å². The second kappa shape index (κ2) is 7.00. The molecule has 2 N–H and O–H groups in total. The lowest BCUT2D eigenvalue weighted by molar-refractivity contribution is 0.547. The molecule has 0 bridgehead atoms. The van der Waals surface area contributed by atoms with Crippen molar-refractivity contribution in [3.05, 3.63) is 17.0 Å². The molecule has 0 aromatic carbocycles. The van der Waals surface area contributed by atoms with Gasteiger partial charge in [-0.15, -0.1) is 11.3 Å². The summed E-state index contributed by atoms with van der Waals surface area (Å²) in [5, 5.41) is 3.45. The minimum Gasteiger partial charge on any atom is -0.314 e. The summed E-state index contributed by atoms with van der Waals surface area (Å²) in [6, 6.07) is 4.39. The highest BCUT2D eigenvalue weighted by atomic mass is 32.2. The van der Waals surface area contributed by atoms with Crippen LogP contribution in [0, 0.1) is 5.92 Å². The molecule has 1 unspecified atom stereocenters. The molecule has 1 aliphatic carbocycles. The van der Waals surface area contributed by atoms with Gasteiger partial charge in [0.2, 0.25) is 10.0 Å². The Morgan fingerprint density at radius 2 is 2.10 bits per heavy atom. The maximum Gasteiger partial charge on any atom is 0.250 e. The van der Waals surface area contributed by atoms with Crippen LogP contribution < -0.4 is 10.0 Å². The lowest BCUT2D eigenvalue weighted by Crippen LogP contribution is -2.28. The Morgan fingerprint density at radius 1 is 1.24 bits per heavy atom. The van der Waals surface area contributed by atoms with Crippen molar-refractivity contribution < 1.29 is 8.42 Å². The van der Waals surface area contributed by atoms with Gasteiger partial charge in [0.15, 0.2) is 0 Å². The second-order valence-corrected chi connectivity index (χ2v) is 10.1. The summed E-state index contributed by atoms with van der Waals surface area (Å²) in [6.45, 7) is 1.52. The highest BCUT2D eigenvalue weighted by molar-refractivity contribution is 7.99. The zero-order valence-electron chi connectivity index (χ0n) is 12.0. The van der Waals surface area contributed by atoms with E-state index in [0.29, 0.717) is 22.7 Å². The summed E-state index contributed by atoms with van der Waals surface area (Å²) in [6.07, 6.45) is 4.60. The molecule has 0 spiro atoms. The fourth-order valence-electron chi connectivity index (χ4n) is 2.37. The Morgan fingerprint density at radius 3 is 2.81 bits per heavy atom. The van der Waals surface area contributed by atoms with Crippen molar-refractivity contribution in [3.8, 4) is 0 Å². The van der Waals surface area contributed by atoms with Crippen LogP contribution >= 0.6 is 23.1 Å². The Balaban J connectivity index is 1.50. The zero-order valence-corrected chi connectivity index (χ0v) is 14.5. The molecule has 2 heterocycles. The van der Waals surface area contributed by atoms with E-state index in [9.17, 15) is 8.42 Å². The molecule has 1 aromatic heterocycles. The minimum atomic E-state index is -3.32. The van der Waals surface area contributed by atoms with E-state index in [1.807, 2.05) is 17.8 Å². The largest absolute Gasteiger partial charge is 0.314 e. The molecule has 1 saturated carbocycles. The number of thiophene rings is 1. The zero-order chi connectivity index (χ0) is 14.7. The monoisotopic (exact) mass is 346 g/mol. The maximum atomic E-state index is 12.3. The molecule has 3 rings (SSSR count). The third-order valence-corrected chi connectivity index (χ3v) is 8.16. The summed E-state index contributed by atoms with van der Waals surface area (Å²) in [5.41, 5.74) is 0. The fourth-order valence-corrected chi connectivity index (χ4v) is 6.17. The van der Waals surface area contributed by atoms with Crippen molar-refractivity contribution in [1.82, 2.24) is 10.0 Å². The molecule has 1 aliphatic heterocycles. The second-order valence-electron chi connectivity index (χ2n) is 5.78. The Labute approximate surface area is 135 Å². The molecule has 118 valence electrons. The molecule has 2 fully saturated rings. The third kappa shape index (κ3) is 4.69. The van der Waals surface area contributed by atoms with Crippen LogP contribution in [0.4, 0.5) is 0 Å². The number of nitrogens with one attached hydrogen (secondary N) is 2. The van der Waals surface area contributed by atoms with Crippen molar-refractivity contribution in [2.75, 3.05) is 24.6 Å². The van der Waals surface area contributed by atoms with Crippen LogP contribution in [-0.4, -0.2) is 39.1 Å². The average Bonchev–Trinajstić information content (AvgIpc) is 2.94. The van der Waals surface area contributed by atoms with Crippen LogP contribution in [-0.2, 0) is 16.4 Å². The summed E-state index contributed by atoms with van der Waals surface area (Å²) in [7, 11) is -3.32. The molecule has 1 aromatic rings. The van der Waals surface area contributed by atoms with Gasteiger partial charge >= 0.3 is 0 Å². The molecule has 7 heteroatoms. The predicted octanol–water partition coefficient (Wildman–Crippen LogP) is 2.07. The molecule has 1 atom stereocenters. The van der Waals surface area contributed by atoms with E-state index in [2.05, 4.69) is 10.0 Å². The van der Waals surface area contributed by atoms with Crippen molar-refractivity contribution in [3.63, 3.8) is 0 Å². The molecule has 21 heavy (non-hydrogen) atoms. The Kier molecular flexibility index (Phi) is 5.27. The predicted molar refractivity (Wildman–Crippen MR) is 89.7 cm³/mol. The molecular weight excluding hydrogens is 324 g/mol. The fraction of sp³-hybridized carbons (Fsp3) is 0.714. The lowest BCUT2D eigenvalue weighted by atomic mass is 10.1. The van der Waals surface area contributed by atoms with Crippen molar-refractivity contribution >= 4 is 33.1 Å². The van der Waals surface area contributed by atoms with Crippen LogP contribution in [0.25, 0.3) is 0 Å². The Bertz CT molecular complexity index is 561. The molecule has 0 radical (unpaired) electrons. The number of hydrogen-bond donors (Lipinski definition) is 2. The van der Waals surface area contributed by atoms with Crippen LogP contribution in [0.2, 0.25) is 0 Å². The average molecular weight is 347 g/mol. The minimum absolute atomic E-state index is 0.453. The van der Waals surface area contributed by atoms with Gasteiger partial charge in [0, 0.05) is 24.0 Å². The summed E-state index contributed by atoms with van der Waals surface area (Å²) in [4.78, 5) is 1.14. The SMILES string of the molecule is O=S(=O)(NCC1CCSC1)c1ccc(CCNC2CC2)s1. The third-order valence-electron chi connectivity index (χ3n) is 3.87. The van der Waals surface area contributed by atoms with Gasteiger partial charge in [0.1, 0.15) is 4.21 Å². The first-order valence-corrected chi connectivity index (χ1v) is 11.0. The van der Waals surface area contributed by atoms with Crippen molar-refractivity contribution in [1.29, 1.82) is 0 Å². The summed E-state index contributed by atoms with van der Waals surface area (Å²) < 4.78 is 27.8. The lowest BCUT2D eigenvalue weighted by Gasteiger charge is -2.09. The highest BCUT2D eigenvalue weighted by Gasteiger charge is 2.22. The van der Waals surface area contributed by atoms with Crippen LogP contribution in [0.15, 0.2) is 16.3 Å². The smallest absolute Gasteiger partial charge is 0.250 e. The molecular formula is C14H22N2O2S3. The van der Waals surface area contributed by atoms with E-state index >= 15 is 0 Å². The first kappa shape index (κ1) is 15.8. The first-order valence-electron chi connectivity index (χ1n) is 7.53. The highest BCUT2D eigenvalue weighted by Crippen LogP contribution is 2.25. The van der Waals surface area contributed by atoms with Gasteiger partial charge in [0.05, 0.1) is 0 Å². The van der Waals surface area contributed by atoms with Crippen LogP contribution in [0.1, 0.15) is 24.1 Å². The standard InChI is InChI=1S/C14H22N2O2S3/c17-21(18,16-9-11-6-8-19-10-11)14-4-3-13(20-14)5-7-15-12-1-2-12/h3-4,11-12,15-16H,1-2,5-10H2. The molecule has 2 aliphatic rings. The number of sulfonamides is 1. The normalized spacial score (nSPS) is 22.8. The summed E-state index contributed by atoms with van der Waals surface area (Å²) in [5.74, 6) is 2.72. The van der Waals surface area contributed by atoms with E-state index in [4.69, 9.17) is 0 Å². The molecule has 0 amide bonds. The number of thioether (sulfide) groups is 1. The van der Waals surface area contributed by atoms with E-state index in [1.54, 1.807) is 6.07 Å². The van der Waals surface area contributed by atoms with Gasteiger partial charge in [0.25, 0.3) is 0 Å². The number of hydrogen-bond acceptors (Lipinski definition) is 5. The van der Waals surface area contributed by atoms with Gasteiger partial charge in [-0.2, -0.15) is 11.8 Å². The van der Waals surface area contributed by atoms with E-state index in [0.717, 1.165) is 35.8 Å². The Hall–Kier alpha value is -0.0800. The van der Waals surface area contributed by atoms with E-state index < -0.39 is 10.0 Å². The molecule has 1 saturated heterocycles. The summed E-state index contributed by atoms with van der Waals surface area (Å²) >= 11 is 3.31. The van der Waals surface area contributed by atoms with E-state index in [-0.39, 0.29) is 0 Å². The van der Waals surface area contributed by atoms with Gasteiger partial charge < -0.3 is 5.32 Å². The van der Waals surface area contributed by atoms with Gasteiger partial charge in [-0.25, -0.2) is 13.1 Å².